The maximum atomic E-state index is 15.5. The minimum absolute atomic E-state index is 0.0252. The van der Waals surface area contributed by atoms with Gasteiger partial charge in [0.25, 0.3) is 5.88 Å². The molecule has 4 heterocycles. The number of piperidine rings is 1. The highest BCUT2D eigenvalue weighted by atomic mass is 19.1. The van der Waals surface area contributed by atoms with E-state index in [9.17, 15) is 0 Å². The average Bonchev–Trinajstić information content (AvgIpc) is 3.33. The molecule has 0 aliphatic carbocycles. The van der Waals surface area contributed by atoms with Crippen LogP contribution in [0.15, 0.2) is 49.1 Å². The van der Waals surface area contributed by atoms with Gasteiger partial charge in [0.1, 0.15) is 29.4 Å². The Morgan fingerprint density at radius 2 is 1.87 bits per heavy atom. The molecule has 200 valence electrons. The summed E-state index contributed by atoms with van der Waals surface area (Å²) in [7, 11) is 3.49. The highest BCUT2D eigenvalue weighted by Gasteiger charge is 2.21. The topological polar surface area (TPSA) is 108 Å². The molecule has 0 radical (unpaired) electrons. The Morgan fingerprint density at radius 1 is 1.03 bits per heavy atom. The smallest absolute Gasteiger partial charge is 0.258 e. The normalized spacial score (nSPS) is 14.1. The molecule has 2 aromatic carbocycles. The Morgan fingerprint density at radius 3 is 2.69 bits per heavy atom. The first-order valence-electron chi connectivity index (χ1n) is 12.7. The van der Waals surface area contributed by atoms with Gasteiger partial charge in [0.15, 0.2) is 17.4 Å². The van der Waals surface area contributed by atoms with E-state index in [1.54, 1.807) is 38.6 Å². The molecule has 1 saturated heterocycles. The number of anilines is 2. The fraction of sp³-hybridized carbons (Fsp3) is 0.286. The second-order valence-electron chi connectivity index (χ2n) is 9.44. The van der Waals surface area contributed by atoms with Gasteiger partial charge in [0.2, 0.25) is 0 Å². The molecule has 5 aromatic rings. The zero-order valence-corrected chi connectivity index (χ0v) is 21.9. The number of halogens is 1. The van der Waals surface area contributed by atoms with E-state index in [-0.39, 0.29) is 11.8 Å². The maximum absolute atomic E-state index is 15.5. The van der Waals surface area contributed by atoms with Crippen molar-refractivity contribution >= 4 is 33.6 Å². The summed E-state index contributed by atoms with van der Waals surface area (Å²) in [4.78, 5) is 17.7. The lowest BCUT2D eigenvalue weighted by atomic mass is 10.1. The molecule has 0 unspecified atom stereocenters. The minimum atomic E-state index is -0.460. The standard InChI is InChI=1S/C28H28FN7O3/c1-16-23(38-18-4-6-22-20(12-18)33-15-36(22)2)7-5-19(25(16)29)34-27-26-21(31-14-32-27)13-24(37-3)28(35-26)39-17-8-10-30-11-9-17/h4-7,12-15,17,30H,8-11H2,1-3H3,(H,31,32,34). The van der Waals surface area contributed by atoms with E-state index < -0.39 is 5.82 Å². The van der Waals surface area contributed by atoms with Crippen LogP contribution in [0.1, 0.15) is 18.4 Å². The van der Waals surface area contributed by atoms with E-state index in [0.717, 1.165) is 37.0 Å². The van der Waals surface area contributed by atoms with Gasteiger partial charge in [0.05, 0.1) is 35.7 Å². The van der Waals surface area contributed by atoms with Crippen molar-refractivity contribution in [1.29, 1.82) is 0 Å². The summed E-state index contributed by atoms with van der Waals surface area (Å²) in [5, 5.41) is 6.40. The van der Waals surface area contributed by atoms with Gasteiger partial charge >= 0.3 is 0 Å². The third kappa shape index (κ3) is 4.88. The molecule has 2 N–H and O–H groups in total. The summed E-state index contributed by atoms with van der Waals surface area (Å²) >= 11 is 0. The largest absolute Gasteiger partial charge is 0.491 e. The molecular weight excluding hydrogens is 501 g/mol. The van der Waals surface area contributed by atoms with Gasteiger partial charge in [-0.1, -0.05) is 0 Å². The Kier molecular flexibility index (Phi) is 6.57. The van der Waals surface area contributed by atoms with E-state index in [0.29, 0.717) is 45.5 Å². The molecule has 11 heteroatoms. The van der Waals surface area contributed by atoms with Gasteiger partial charge < -0.3 is 29.4 Å². The fourth-order valence-electron chi connectivity index (χ4n) is 4.65. The molecule has 0 atom stereocenters. The second-order valence-corrected chi connectivity index (χ2v) is 9.44. The number of imidazole rings is 1. The van der Waals surface area contributed by atoms with Gasteiger partial charge in [-0.2, -0.15) is 0 Å². The zero-order chi connectivity index (χ0) is 26.9. The highest BCUT2D eigenvalue weighted by Crippen LogP contribution is 2.35. The van der Waals surface area contributed by atoms with Gasteiger partial charge in [0, 0.05) is 24.7 Å². The number of nitrogens with one attached hydrogen (secondary N) is 2. The number of aromatic nitrogens is 5. The highest BCUT2D eigenvalue weighted by molar-refractivity contribution is 5.88. The van der Waals surface area contributed by atoms with Crippen LogP contribution in [0.3, 0.4) is 0 Å². The van der Waals surface area contributed by atoms with Gasteiger partial charge in [-0.25, -0.2) is 24.3 Å². The number of aryl methyl sites for hydroxylation is 1. The molecule has 10 nitrogen and oxygen atoms in total. The van der Waals surface area contributed by atoms with Crippen LogP contribution in [-0.4, -0.2) is 50.8 Å². The maximum Gasteiger partial charge on any atom is 0.258 e. The van der Waals surface area contributed by atoms with Crippen molar-refractivity contribution in [1.82, 2.24) is 29.8 Å². The van der Waals surface area contributed by atoms with Crippen LogP contribution >= 0.6 is 0 Å². The average molecular weight is 530 g/mol. The van der Waals surface area contributed by atoms with Crippen LogP contribution in [0, 0.1) is 12.7 Å². The summed E-state index contributed by atoms with van der Waals surface area (Å²) in [6, 6.07) is 10.7. The summed E-state index contributed by atoms with van der Waals surface area (Å²) in [6.07, 6.45) is 4.90. The van der Waals surface area contributed by atoms with Crippen LogP contribution < -0.4 is 24.8 Å². The molecule has 39 heavy (non-hydrogen) atoms. The molecule has 0 saturated carbocycles. The quantitative estimate of drug-likeness (QED) is 0.300. The molecule has 6 rings (SSSR count). The Labute approximate surface area is 224 Å². The second kappa shape index (κ2) is 10.3. The minimum Gasteiger partial charge on any atom is -0.491 e. The van der Waals surface area contributed by atoms with Gasteiger partial charge in [-0.15, -0.1) is 0 Å². The summed E-state index contributed by atoms with van der Waals surface area (Å²) in [6.45, 7) is 3.43. The van der Waals surface area contributed by atoms with Crippen LogP contribution in [0.5, 0.6) is 23.1 Å². The zero-order valence-electron chi connectivity index (χ0n) is 21.9. The number of nitrogens with zero attached hydrogens (tertiary/aromatic N) is 5. The number of hydrogen-bond acceptors (Lipinski definition) is 9. The summed E-state index contributed by atoms with van der Waals surface area (Å²) < 4.78 is 35.2. The lowest BCUT2D eigenvalue weighted by Crippen LogP contribution is -2.34. The predicted octanol–water partition coefficient (Wildman–Crippen LogP) is 5.03. The monoisotopic (exact) mass is 529 g/mol. The van der Waals surface area contributed by atoms with E-state index in [1.807, 2.05) is 29.8 Å². The Balaban J connectivity index is 1.28. The Bertz CT molecular complexity index is 1670. The molecule has 0 spiro atoms. The van der Waals surface area contributed by atoms with Gasteiger partial charge in [-0.05, 0) is 57.1 Å². The van der Waals surface area contributed by atoms with Gasteiger partial charge in [-0.3, -0.25) is 0 Å². The molecule has 1 fully saturated rings. The molecule has 1 aliphatic rings. The molecule has 1 aliphatic heterocycles. The number of hydrogen-bond donors (Lipinski definition) is 2. The third-order valence-electron chi connectivity index (χ3n) is 6.84. The molecule has 0 amide bonds. The number of pyridine rings is 1. The lowest BCUT2D eigenvalue weighted by molar-refractivity contribution is 0.150. The Hall–Kier alpha value is -4.51. The predicted molar refractivity (Wildman–Crippen MR) is 146 cm³/mol. The van der Waals surface area contributed by atoms with Crippen molar-refractivity contribution < 1.29 is 18.6 Å². The molecule has 0 bridgehead atoms. The van der Waals surface area contributed by atoms with Crippen LogP contribution in [0.2, 0.25) is 0 Å². The molecular formula is C28H28FN7O3. The van der Waals surface area contributed by atoms with E-state index in [4.69, 9.17) is 14.2 Å². The van der Waals surface area contributed by atoms with Crippen molar-refractivity contribution in [2.75, 3.05) is 25.5 Å². The van der Waals surface area contributed by atoms with Crippen molar-refractivity contribution in [3.05, 3.63) is 60.4 Å². The first kappa shape index (κ1) is 24.8. The van der Waals surface area contributed by atoms with Crippen molar-refractivity contribution in [2.45, 2.75) is 25.9 Å². The van der Waals surface area contributed by atoms with E-state index in [1.165, 1.54) is 6.33 Å². The SMILES string of the molecule is COc1cc2ncnc(Nc3ccc(Oc4ccc5c(c4)ncn5C)c(C)c3F)c2nc1OC1CCNCC1. The first-order chi connectivity index (χ1) is 19.0. The van der Waals surface area contributed by atoms with Crippen LogP contribution in [0.4, 0.5) is 15.9 Å². The number of methoxy groups -OCH3 is 1. The number of fused-ring (bicyclic) bond motifs is 2. The van der Waals surface area contributed by atoms with Crippen LogP contribution in [-0.2, 0) is 7.05 Å². The molecule has 3 aromatic heterocycles. The number of rotatable bonds is 7. The lowest BCUT2D eigenvalue weighted by Gasteiger charge is -2.24. The van der Waals surface area contributed by atoms with Crippen molar-refractivity contribution in [2.24, 2.45) is 7.05 Å². The summed E-state index contributed by atoms with van der Waals surface area (Å²) in [5.41, 5.74) is 3.36. The van der Waals surface area contributed by atoms with Crippen molar-refractivity contribution in [3.63, 3.8) is 0 Å². The van der Waals surface area contributed by atoms with E-state index >= 15 is 4.39 Å². The van der Waals surface area contributed by atoms with E-state index in [2.05, 4.69) is 30.6 Å². The first-order valence-corrected chi connectivity index (χ1v) is 12.7. The summed E-state index contributed by atoms with van der Waals surface area (Å²) in [5.74, 6) is 1.72. The third-order valence-corrected chi connectivity index (χ3v) is 6.84. The number of benzene rings is 2. The number of ether oxygens (including phenoxy) is 3. The fourth-order valence-corrected chi connectivity index (χ4v) is 4.65. The van der Waals surface area contributed by atoms with Crippen LogP contribution in [0.25, 0.3) is 22.1 Å². The van der Waals surface area contributed by atoms with Crippen molar-refractivity contribution in [3.8, 4) is 23.1 Å².